The van der Waals surface area contributed by atoms with Crippen molar-refractivity contribution in [3.63, 3.8) is 0 Å². The summed E-state index contributed by atoms with van der Waals surface area (Å²) < 4.78 is 1.74. The highest BCUT2D eigenvalue weighted by molar-refractivity contribution is 7.09. The molecule has 0 aromatic carbocycles. The van der Waals surface area contributed by atoms with Gasteiger partial charge in [0.05, 0.1) is 23.4 Å². The fourth-order valence-corrected chi connectivity index (χ4v) is 1.95. The van der Waals surface area contributed by atoms with Crippen molar-refractivity contribution in [2.24, 2.45) is 0 Å². The van der Waals surface area contributed by atoms with Crippen LogP contribution >= 0.6 is 11.3 Å². The lowest BCUT2D eigenvalue weighted by atomic mass is 10.4. The van der Waals surface area contributed by atoms with E-state index < -0.39 is 0 Å². The van der Waals surface area contributed by atoms with Gasteiger partial charge in [0.15, 0.2) is 0 Å². The zero-order valence-corrected chi connectivity index (χ0v) is 8.79. The number of thiazole rings is 1. The van der Waals surface area contributed by atoms with Crippen molar-refractivity contribution in [3.05, 3.63) is 28.3 Å². The van der Waals surface area contributed by atoms with E-state index in [0.29, 0.717) is 12.4 Å². The van der Waals surface area contributed by atoms with Gasteiger partial charge in [0.1, 0.15) is 5.82 Å². The quantitative estimate of drug-likeness (QED) is 0.832. The molecule has 0 radical (unpaired) electrons. The van der Waals surface area contributed by atoms with E-state index in [1.165, 1.54) is 0 Å². The van der Waals surface area contributed by atoms with Gasteiger partial charge in [0.25, 0.3) is 0 Å². The minimum absolute atomic E-state index is 0.662. The standard InChI is InChI=1S/C9H12N4S/c1-2-9-12-7(6-14-9)5-13-8(10)3-4-11-13/h3-4,6H,2,5,10H2,1H3. The molecule has 4 nitrogen and oxygen atoms in total. The number of aromatic nitrogens is 3. The molecule has 0 saturated carbocycles. The minimum Gasteiger partial charge on any atom is -0.384 e. The average molecular weight is 208 g/mol. The summed E-state index contributed by atoms with van der Waals surface area (Å²) in [6.45, 7) is 2.76. The lowest BCUT2D eigenvalue weighted by Crippen LogP contribution is -2.05. The number of nitrogens with two attached hydrogens (primary N) is 1. The molecule has 5 heteroatoms. The van der Waals surface area contributed by atoms with E-state index in [-0.39, 0.29) is 0 Å². The summed E-state index contributed by atoms with van der Waals surface area (Å²) in [5, 5.41) is 7.32. The average Bonchev–Trinajstić information content (AvgIpc) is 2.77. The van der Waals surface area contributed by atoms with Crippen molar-refractivity contribution in [3.8, 4) is 0 Å². The number of nitrogens with zero attached hydrogens (tertiary/aromatic N) is 3. The predicted molar refractivity (Wildman–Crippen MR) is 57.2 cm³/mol. The van der Waals surface area contributed by atoms with Crippen molar-refractivity contribution >= 4 is 17.2 Å². The topological polar surface area (TPSA) is 56.7 Å². The fourth-order valence-electron chi connectivity index (χ4n) is 1.21. The molecule has 0 amide bonds. The van der Waals surface area contributed by atoms with Crippen molar-refractivity contribution < 1.29 is 0 Å². The molecule has 0 saturated heterocycles. The molecule has 0 unspecified atom stereocenters. The van der Waals surface area contributed by atoms with Gasteiger partial charge >= 0.3 is 0 Å². The van der Waals surface area contributed by atoms with Gasteiger partial charge in [-0.05, 0) is 12.5 Å². The third-order valence-electron chi connectivity index (χ3n) is 1.96. The third kappa shape index (κ3) is 1.77. The Morgan fingerprint density at radius 2 is 2.43 bits per heavy atom. The molecule has 2 aromatic heterocycles. The Kier molecular flexibility index (Phi) is 2.49. The first kappa shape index (κ1) is 9.21. The smallest absolute Gasteiger partial charge is 0.122 e. The largest absolute Gasteiger partial charge is 0.384 e. The van der Waals surface area contributed by atoms with Gasteiger partial charge in [-0.3, -0.25) is 0 Å². The Bertz CT molecular complexity index is 418. The molecule has 0 aliphatic heterocycles. The second kappa shape index (κ2) is 3.79. The molecule has 0 aliphatic carbocycles. The summed E-state index contributed by atoms with van der Waals surface area (Å²) in [7, 11) is 0. The number of anilines is 1. The zero-order valence-electron chi connectivity index (χ0n) is 7.97. The SMILES string of the molecule is CCc1nc(Cn2nccc2N)cs1. The number of nitrogen functional groups attached to an aromatic ring is 1. The molecule has 0 fully saturated rings. The van der Waals surface area contributed by atoms with Crippen molar-refractivity contribution in [1.29, 1.82) is 0 Å². The maximum absolute atomic E-state index is 5.70. The maximum atomic E-state index is 5.70. The maximum Gasteiger partial charge on any atom is 0.122 e. The highest BCUT2D eigenvalue weighted by Gasteiger charge is 2.03. The van der Waals surface area contributed by atoms with Gasteiger partial charge in [-0.1, -0.05) is 6.92 Å². The van der Waals surface area contributed by atoms with Crippen LogP contribution in [0, 0.1) is 0 Å². The Morgan fingerprint density at radius 3 is 3.00 bits per heavy atom. The zero-order chi connectivity index (χ0) is 9.97. The lowest BCUT2D eigenvalue weighted by Gasteiger charge is -1.99. The second-order valence-corrected chi connectivity index (χ2v) is 3.94. The summed E-state index contributed by atoms with van der Waals surface area (Å²) in [6, 6.07) is 1.78. The molecule has 2 N–H and O–H groups in total. The molecule has 74 valence electrons. The van der Waals surface area contributed by atoms with Crippen molar-refractivity contribution in [2.75, 3.05) is 5.73 Å². The van der Waals surface area contributed by atoms with E-state index >= 15 is 0 Å². The molecular formula is C9H12N4S. The monoisotopic (exact) mass is 208 g/mol. The highest BCUT2D eigenvalue weighted by atomic mass is 32.1. The van der Waals surface area contributed by atoms with E-state index in [4.69, 9.17) is 5.73 Å². The van der Waals surface area contributed by atoms with Crippen molar-refractivity contribution in [2.45, 2.75) is 19.9 Å². The summed E-state index contributed by atoms with van der Waals surface area (Å²) in [6.07, 6.45) is 2.68. The summed E-state index contributed by atoms with van der Waals surface area (Å²) in [4.78, 5) is 4.45. The van der Waals surface area contributed by atoms with E-state index in [2.05, 4.69) is 22.4 Å². The van der Waals surface area contributed by atoms with Gasteiger partial charge in [-0.25, -0.2) is 9.67 Å². The minimum atomic E-state index is 0.662. The van der Waals surface area contributed by atoms with Crippen LogP contribution in [0.1, 0.15) is 17.6 Å². The Hall–Kier alpha value is -1.36. The van der Waals surface area contributed by atoms with Crippen LogP contribution in [-0.2, 0) is 13.0 Å². The van der Waals surface area contributed by atoms with Crippen LogP contribution in [0.5, 0.6) is 0 Å². The van der Waals surface area contributed by atoms with E-state index in [9.17, 15) is 0 Å². The molecule has 0 spiro atoms. The predicted octanol–water partition coefficient (Wildman–Crippen LogP) is 1.53. The Labute approximate surface area is 86.4 Å². The molecule has 0 atom stereocenters. The summed E-state index contributed by atoms with van der Waals surface area (Å²) >= 11 is 1.68. The summed E-state index contributed by atoms with van der Waals surface area (Å²) in [5.74, 6) is 0.677. The molecule has 0 bridgehead atoms. The van der Waals surface area contributed by atoms with Crippen LogP contribution in [-0.4, -0.2) is 14.8 Å². The number of rotatable bonds is 3. The first-order valence-electron chi connectivity index (χ1n) is 4.50. The van der Waals surface area contributed by atoms with Crippen LogP contribution in [0.25, 0.3) is 0 Å². The number of aryl methyl sites for hydroxylation is 1. The van der Waals surface area contributed by atoms with E-state index in [1.807, 2.05) is 0 Å². The van der Waals surface area contributed by atoms with Crippen LogP contribution in [0.15, 0.2) is 17.6 Å². The first-order valence-corrected chi connectivity index (χ1v) is 5.38. The molecule has 14 heavy (non-hydrogen) atoms. The van der Waals surface area contributed by atoms with Gasteiger partial charge in [0, 0.05) is 5.38 Å². The summed E-state index contributed by atoms with van der Waals surface area (Å²) in [5.41, 5.74) is 6.73. The number of hydrogen-bond donors (Lipinski definition) is 1. The molecular weight excluding hydrogens is 196 g/mol. The Balaban J connectivity index is 2.15. The molecule has 2 heterocycles. The normalized spacial score (nSPS) is 10.6. The highest BCUT2D eigenvalue weighted by Crippen LogP contribution is 2.12. The lowest BCUT2D eigenvalue weighted by molar-refractivity contribution is 0.684. The van der Waals surface area contributed by atoms with Crippen LogP contribution in [0.2, 0.25) is 0 Å². The van der Waals surface area contributed by atoms with Gasteiger partial charge in [0.2, 0.25) is 0 Å². The van der Waals surface area contributed by atoms with Gasteiger partial charge in [-0.15, -0.1) is 11.3 Å². The Morgan fingerprint density at radius 1 is 1.57 bits per heavy atom. The van der Waals surface area contributed by atoms with Crippen LogP contribution < -0.4 is 5.73 Å². The van der Waals surface area contributed by atoms with E-state index in [1.54, 1.807) is 28.3 Å². The van der Waals surface area contributed by atoms with E-state index in [0.717, 1.165) is 17.1 Å². The van der Waals surface area contributed by atoms with Gasteiger partial charge in [-0.2, -0.15) is 5.10 Å². The fraction of sp³-hybridized carbons (Fsp3) is 0.333. The first-order chi connectivity index (χ1) is 6.79. The molecule has 2 rings (SSSR count). The molecule has 2 aromatic rings. The second-order valence-electron chi connectivity index (χ2n) is 3.00. The van der Waals surface area contributed by atoms with Gasteiger partial charge < -0.3 is 5.73 Å². The number of hydrogen-bond acceptors (Lipinski definition) is 4. The molecule has 0 aliphatic rings. The van der Waals surface area contributed by atoms with Crippen LogP contribution in [0.3, 0.4) is 0 Å². The van der Waals surface area contributed by atoms with Crippen LogP contribution in [0.4, 0.5) is 5.82 Å². The van der Waals surface area contributed by atoms with Crippen molar-refractivity contribution in [1.82, 2.24) is 14.8 Å². The third-order valence-corrected chi connectivity index (χ3v) is 3.00.